The molecule has 2 N–H and O–H groups in total. The first-order valence-corrected chi connectivity index (χ1v) is 6.59. The van der Waals surface area contributed by atoms with E-state index in [4.69, 9.17) is 4.74 Å². The zero-order chi connectivity index (χ0) is 13.6. The van der Waals surface area contributed by atoms with Gasteiger partial charge in [-0.05, 0) is 35.9 Å². The van der Waals surface area contributed by atoms with E-state index in [1.165, 1.54) is 5.56 Å². The lowest BCUT2D eigenvalue weighted by Gasteiger charge is -2.09. The summed E-state index contributed by atoms with van der Waals surface area (Å²) in [7, 11) is 0. The number of aromatic amines is 1. The molecule has 0 aliphatic rings. The van der Waals surface area contributed by atoms with Gasteiger partial charge in [0, 0.05) is 30.7 Å². The van der Waals surface area contributed by atoms with Crippen LogP contribution in [0.1, 0.15) is 5.56 Å². The van der Waals surface area contributed by atoms with Gasteiger partial charge in [-0.15, -0.1) is 0 Å². The number of anilines is 1. The van der Waals surface area contributed by atoms with Crippen molar-refractivity contribution in [1.29, 1.82) is 0 Å². The van der Waals surface area contributed by atoms with Gasteiger partial charge in [-0.2, -0.15) is 0 Å². The molecule has 0 fully saturated rings. The molecule has 3 rings (SSSR count). The molecular formula is C17H16N2O. The van der Waals surface area contributed by atoms with Crippen molar-refractivity contribution in [3.05, 3.63) is 78.6 Å². The van der Waals surface area contributed by atoms with Crippen LogP contribution in [0.25, 0.3) is 0 Å². The Morgan fingerprint density at radius 2 is 1.75 bits per heavy atom. The largest absolute Gasteiger partial charge is 0.457 e. The highest BCUT2D eigenvalue weighted by Gasteiger charge is 1.99. The Morgan fingerprint density at radius 3 is 2.55 bits per heavy atom. The van der Waals surface area contributed by atoms with E-state index >= 15 is 0 Å². The van der Waals surface area contributed by atoms with Crippen molar-refractivity contribution >= 4 is 5.69 Å². The highest BCUT2D eigenvalue weighted by Crippen LogP contribution is 2.24. The maximum Gasteiger partial charge on any atom is 0.129 e. The summed E-state index contributed by atoms with van der Waals surface area (Å²) >= 11 is 0. The number of hydrogen-bond acceptors (Lipinski definition) is 2. The van der Waals surface area contributed by atoms with Crippen molar-refractivity contribution in [3.8, 4) is 11.5 Å². The number of rotatable bonds is 5. The predicted molar refractivity (Wildman–Crippen MR) is 81.1 cm³/mol. The van der Waals surface area contributed by atoms with E-state index in [0.717, 1.165) is 23.7 Å². The Balaban J connectivity index is 1.66. The van der Waals surface area contributed by atoms with Gasteiger partial charge < -0.3 is 15.0 Å². The van der Waals surface area contributed by atoms with Gasteiger partial charge in [0.05, 0.1) is 0 Å². The molecule has 1 heterocycles. The molecule has 0 bridgehead atoms. The minimum absolute atomic E-state index is 0.790. The summed E-state index contributed by atoms with van der Waals surface area (Å²) in [6.45, 7) is 0.790. The van der Waals surface area contributed by atoms with Crippen molar-refractivity contribution in [2.24, 2.45) is 0 Å². The fourth-order valence-corrected chi connectivity index (χ4v) is 1.97. The van der Waals surface area contributed by atoms with E-state index in [1.807, 2.05) is 67.0 Å². The van der Waals surface area contributed by atoms with E-state index in [-0.39, 0.29) is 0 Å². The van der Waals surface area contributed by atoms with E-state index in [0.29, 0.717) is 0 Å². The molecule has 2 aromatic carbocycles. The van der Waals surface area contributed by atoms with Crippen molar-refractivity contribution in [1.82, 2.24) is 4.98 Å². The quantitative estimate of drug-likeness (QED) is 0.715. The summed E-state index contributed by atoms with van der Waals surface area (Å²) in [5.74, 6) is 1.67. The van der Waals surface area contributed by atoms with Crippen molar-refractivity contribution in [2.45, 2.75) is 6.54 Å². The summed E-state index contributed by atoms with van der Waals surface area (Å²) in [6.07, 6.45) is 3.91. The molecule has 0 spiro atoms. The van der Waals surface area contributed by atoms with Gasteiger partial charge in [0.2, 0.25) is 0 Å². The topological polar surface area (TPSA) is 37.0 Å². The Morgan fingerprint density at radius 1 is 0.900 bits per heavy atom. The number of aromatic nitrogens is 1. The van der Waals surface area contributed by atoms with Gasteiger partial charge in [0.25, 0.3) is 0 Å². The normalized spacial score (nSPS) is 10.2. The van der Waals surface area contributed by atoms with Gasteiger partial charge in [-0.1, -0.05) is 24.3 Å². The molecule has 100 valence electrons. The van der Waals surface area contributed by atoms with Crippen LogP contribution in [0.15, 0.2) is 73.1 Å². The van der Waals surface area contributed by atoms with Gasteiger partial charge >= 0.3 is 0 Å². The highest BCUT2D eigenvalue weighted by atomic mass is 16.5. The molecular weight excluding hydrogens is 248 g/mol. The molecule has 0 saturated heterocycles. The smallest absolute Gasteiger partial charge is 0.129 e. The van der Waals surface area contributed by atoms with Crippen LogP contribution in [0, 0.1) is 0 Å². The van der Waals surface area contributed by atoms with Crippen LogP contribution < -0.4 is 10.1 Å². The number of benzene rings is 2. The standard InChI is InChI=1S/C17H16N2O/c1-2-6-16(7-3-1)20-17-8-4-5-15(11-17)19-13-14-9-10-18-12-14/h1-12,18-19H,13H2. The molecule has 0 radical (unpaired) electrons. The fraction of sp³-hybridized carbons (Fsp3) is 0.0588. The van der Waals surface area contributed by atoms with Crippen molar-refractivity contribution < 1.29 is 4.74 Å². The second-order valence-corrected chi connectivity index (χ2v) is 4.52. The van der Waals surface area contributed by atoms with Crippen LogP contribution in [0.4, 0.5) is 5.69 Å². The third-order valence-electron chi connectivity index (χ3n) is 2.97. The van der Waals surface area contributed by atoms with Gasteiger partial charge in [0.1, 0.15) is 11.5 Å². The van der Waals surface area contributed by atoms with Gasteiger partial charge in [0.15, 0.2) is 0 Å². The van der Waals surface area contributed by atoms with Crippen molar-refractivity contribution in [2.75, 3.05) is 5.32 Å². The molecule has 3 nitrogen and oxygen atoms in total. The Bertz CT molecular complexity index is 648. The Kier molecular flexibility index (Phi) is 3.69. The number of hydrogen-bond donors (Lipinski definition) is 2. The van der Waals surface area contributed by atoms with Crippen LogP contribution in [-0.4, -0.2) is 4.98 Å². The first-order valence-electron chi connectivity index (χ1n) is 6.59. The van der Waals surface area contributed by atoms with E-state index in [2.05, 4.69) is 16.4 Å². The lowest BCUT2D eigenvalue weighted by atomic mass is 10.2. The maximum absolute atomic E-state index is 5.81. The number of ether oxygens (including phenoxy) is 1. The summed E-state index contributed by atoms with van der Waals surface area (Å²) < 4.78 is 5.81. The Labute approximate surface area is 118 Å². The SMILES string of the molecule is c1ccc(Oc2cccc(NCc3cc[nH]c3)c2)cc1. The zero-order valence-electron chi connectivity index (χ0n) is 11.0. The van der Waals surface area contributed by atoms with Crippen LogP contribution in [0.5, 0.6) is 11.5 Å². The number of para-hydroxylation sites is 1. The van der Waals surface area contributed by atoms with E-state index in [1.54, 1.807) is 0 Å². The van der Waals surface area contributed by atoms with Gasteiger partial charge in [-0.3, -0.25) is 0 Å². The first kappa shape index (κ1) is 12.4. The maximum atomic E-state index is 5.81. The molecule has 0 amide bonds. The summed E-state index contributed by atoms with van der Waals surface area (Å²) in [5.41, 5.74) is 2.26. The summed E-state index contributed by atoms with van der Waals surface area (Å²) in [5, 5.41) is 3.37. The molecule has 0 aliphatic carbocycles. The third kappa shape index (κ3) is 3.20. The summed E-state index contributed by atoms with van der Waals surface area (Å²) in [4.78, 5) is 3.05. The summed E-state index contributed by atoms with van der Waals surface area (Å²) in [6, 6.07) is 19.8. The molecule has 20 heavy (non-hydrogen) atoms. The first-order chi connectivity index (χ1) is 9.90. The minimum Gasteiger partial charge on any atom is -0.457 e. The lowest BCUT2D eigenvalue weighted by Crippen LogP contribution is -1.98. The molecule has 0 unspecified atom stereocenters. The highest BCUT2D eigenvalue weighted by molar-refractivity contribution is 5.49. The predicted octanol–water partition coefficient (Wildman–Crippen LogP) is 4.42. The molecule has 1 aromatic heterocycles. The average Bonchev–Trinajstić information content (AvgIpc) is 3.00. The fourth-order valence-electron chi connectivity index (χ4n) is 1.97. The van der Waals surface area contributed by atoms with Gasteiger partial charge in [-0.25, -0.2) is 0 Å². The monoisotopic (exact) mass is 264 g/mol. The van der Waals surface area contributed by atoms with E-state index < -0.39 is 0 Å². The third-order valence-corrected chi connectivity index (χ3v) is 2.97. The lowest BCUT2D eigenvalue weighted by molar-refractivity contribution is 0.483. The van der Waals surface area contributed by atoms with Crippen molar-refractivity contribution in [3.63, 3.8) is 0 Å². The molecule has 0 atom stereocenters. The second kappa shape index (κ2) is 5.97. The molecule has 3 heteroatoms. The molecule has 0 saturated carbocycles. The van der Waals surface area contributed by atoms with Crippen LogP contribution in [-0.2, 0) is 6.54 Å². The van der Waals surface area contributed by atoms with Crippen LogP contribution >= 0.6 is 0 Å². The molecule has 0 aliphatic heterocycles. The van der Waals surface area contributed by atoms with E-state index in [9.17, 15) is 0 Å². The zero-order valence-corrected chi connectivity index (χ0v) is 11.0. The van der Waals surface area contributed by atoms with Crippen LogP contribution in [0.2, 0.25) is 0 Å². The number of H-pyrrole nitrogens is 1. The molecule has 3 aromatic rings. The number of nitrogens with one attached hydrogen (secondary N) is 2. The second-order valence-electron chi connectivity index (χ2n) is 4.52. The average molecular weight is 264 g/mol. The minimum atomic E-state index is 0.790. The van der Waals surface area contributed by atoms with Crippen LogP contribution in [0.3, 0.4) is 0 Å². The Hall–Kier alpha value is -2.68.